The van der Waals surface area contributed by atoms with Crippen molar-refractivity contribution < 1.29 is 9.90 Å². The lowest BCUT2D eigenvalue weighted by Gasteiger charge is -2.21. The molecule has 156 valence electrons. The molecular formula is C26H20N4O2. The van der Waals surface area contributed by atoms with E-state index in [4.69, 9.17) is 4.99 Å². The first-order chi connectivity index (χ1) is 15.6. The summed E-state index contributed by atoms with van der Waals surface area (Å²) in [6, 6.07) is 21.3. The molecule has 5 heterocycles. The van der Waals surface area contributed by atoms with Crippen molar-refractivity contribution in [2.45, 2.75) is 12.0 Å². The molecule has 4 N–H and O–H groups in total. The SMILES string of the molecule is O=C1CC2(c3ccccc3)C=c3ccc([nH]3)=Cc3ccc([nH]3)C=c3ccc([nH]3)=C(O)C1=N2. The van der Waals surface area contributed by atoms with Gasteiger partial charge in [0.1, 0.15) is 11.3 Å². The molecule has 0 fully saturated rings. The van der Waals surface area contributed by atoms with E-state index in [1.54, 1.807) is 6.07 Å². The van der Waals surface area contributed by atoms with Gasteiger partial charge in [0, 0.05) is 33.9 Å². The van der Waals surface area contributed by atoms with E-state index in [2.05, 4.69) is 15.0 Å². The van der Waals surface area contributed by atoms with Crippen LogP contribution in [-0.2, 0) is 10.3 Å². The Morgan fingerprint density at radius 2 is 1.47 bits per heavy atom. The second-order valence-corrected chi connectivity index (χ2v) is 8.20. The highest BCUT2D eigenvalue weighted by atomic mass is 16.3. The second kappa shape index (κ2) is 6.85. The van der Waals surface area contributed by atoms with Crippen molar-refractivity contribution in [3.8, 4) is 0 Å². The van der Waals surface area contributed by atoms with Crippen LogP contribution in [0.1, 0.15) is 23.4 Å². The molecule has 0 spiro atoms. The van der Waals surface area contributed by atoms with Gasteiger partial charge in [-0.15, -0.1) is 0 Å². The Balaban J connectivity index is 1.69. The van der Waals surface area contributed by atoms with Crippen LogP contribution < -0.4 is 21.4 Å². The summed E-state index contributed by atoms with van der Waals surface area (Å²) < 4.78 is 0. The smallest absolute Gasteiger partial charge is 0.187 e. The minimum absolute atomic E-state index is 0.0890. The Kier molecular flexibility index (Phi) is 3.95. The first-order valence-electron chi connectivity index (χ1n) is 10.5. The van der Waals surface area contributed by atoms with Crippen LogP contribution in [0, 0.1) is 0 Å². The number of ketones is 1. The Bertz CT molecular complexity index is 1630. The van der Waals surface area contributed by atoms with E-state index >= 15 is 0 Å². The quantitative estimate of drug-likeness (QED) is 0.371. The molecule has 6 rings (SSSR count). The summed E-state index contributed by atoms with van der Waals surface area (Å²) in [5.74, 6) is -0.334. The van der Waals surface area contributed by atoms with Crippen molar-refractivity contribution >= 4 is 35.5 Å². The van der Waals surface area contributed by atoms with Gasteiger partial charge in [-0.05, 0) is 60.2 Å². The number of nitrogens with one attached hydrogen (secondary N) is 3. The number of carbonyl (C=O) groups excluding carboxylic acids is 1. The lowest BCUT2D eigenvalue weighted by molar-refractivity contribution is -0.112. The van der Waals surface area contributed by atoms with Crippen molar-refractivity contribution in [1.82, 2.24) is 15.0 Å². The molecule has 0 saturated carbocycles. The number of carbonyl (C=O) groups is 1. The summed E-state index contributed by atoms with van der Waals surface area (Å²) in [4.78, 5) is 27.8. The van der Waals surface area contributed by atoms with Gasteiger partial charge in [0.25, 0.3) is 0 Å². The number of aliphatic imine (C=N–C) groups is 1. The third-order valence-corrected chi connectivity index (χ3v) is 5.95. The van der Waals surface area contributed by atoms with Gasteiger partial charge in [0.05, 0.1) is 5.35 Å². The molecule has 1 aromatic carbocycles. The van der Waals surface area contributed by atoms with Gasteiger partial charge in [-0.3, -0.25) is 9.79 Å². The lowest BCUT2D eigenvalue weighted by Crippen LogP contribution is -2.24. The third kappa shape index (κ3) is 3.04. The minimum Gasteiger partial charge on any atom is -0.504 e. The zero-order chi connectivity index (χ0) is 21.7. The first-order valence-corrected chi connectivity index (χ1v) is 10.5. The summed E-state index contributed by atoms with van der Waals surface area (Å²) in [6.45, 7) is 0. The van der Waals surface area contributed by atoms with Gasteiger partial charge >= 0.3 is 0 Å². The summed E-state index contributed by atoms with van der Waals surface area (Å²) in [6.07, 6.45) is 6.09. The summed E-state index contributed by atoms with van der Waals surface area (Å²) >= 11 is 0. The van der Waals surface area contributed by atoms with Crippen LogP contribution in [0.4, 0.5) is 0 Å². The standard InChI is InChI=1S/C26H20N4O2/c31-23-15-26(16-4-2-1-3-5-16)14-21-9-8-19(28-21)12-17-6-7-18(27-17)13-20-10-11-22(29-20)25(32)24(23)30-26/h1-14,27-29,32H,15H2. The van der Waals surface area contributed by atoms with E-state index < -0.39 is 5.54 Å². The van der Waals surface area contributed by atoms with Crippen molar-refractivity contribution in [2.75, 3.05) is 0 Å². The minimum atomic E-state index is -0.901. The summed E-state index contributed by atoms with van der Waals surface area (Å²) in [5.41, 5.74) is 1.97. The maximum atomic E-state index is 13.1. The lowest BCUT2D eigenvalue weighted by atomic mass is 9.87. The first kappa shape index (κ1) is 18.4. The fourth-order valence-corrected chi connectivity index (χ4v) is 4.42. The molecule has 2 aliphatic heterocycles. The van der Waals surface area contributed by atoms with Crippen LogP contribution in [0.3, 0.4) is 0 Å². The van der Waals surface area contributed by atoms with E-state index in [0.29, 0.717) is 5.35 Å². The van der Waals surface area contributed by atoms with Crippen molar-refractivity contribution in [2.24, 2.45) is 4.99 Å². The average molecular weight is 420 g/mol. The molecule has 32 heavy (non-hydrogen) atoms. The number of rotatable bonds is 1. The Morgan fingerprint density at radius 1 is 0.781 bits per heavy atom. The maximum absolute atomic E-state index is 13.1. The number of aromatic nitrogens is 3. The molecule has 3 aromatic heterocycles. The molecule has 0 aliphatic carbocycles. The van der Waals surface area contributed by atoms with E-state index in [0.717, 1.165) is 33.0 Å². The van der Waals surface area contributed by atoms with Crippen LogP contribution >= 0.6 is 0 Å². The second-order valence-electron chi connectivity index (χ2n) is 8.20. The zero-order valence-corrected chi connectivity index (χ0v) is 17.1. The van der Waals surface area contributed by atoms with E-state index in [1.807, 2.05) is 78.9 Å². The Labute approximate surface area is 182 Å². The van der Waals surface area contributed by atoms with Crippen molar-refractivity contribution in [1.29, 1.82) is 0 Å². The van der Waals surface area contributed by atoms with Crippen LogP contribution in [0.25, 0.3) is 24.0 Å². The number of aliphatic hydroxyl groups excluding tert-OH is 1. The highest BCUT2D eigenvalue weighted by molar-refractivity contribution is 6.54. The highest BCUT2D eigenvalue weighted by Gasteiger charge is 2.41. The third-order valence-electron chi connectivity index (χ3n) is 5.95. The number of nitrogens with zero attached hydrogens (tertiary/aromatic N) is 1. The molecule has 1 atom stereocenters. The number of H-pyrrole nitrogens is 3. The van der Waals surface area contributed by atoms with Crippen LogP contribution in [0.2, 0.25) is 0 Å². The number of hydrogen-bond acceptors (Lipinski definition) is 3. The maximum Gasteiger partial charge on any atom is 0.187 e. The van der Waals surface area contributed by atoms with E-state index in [1.165, 1.54) is 0 Å². The number of fused-ring (bicyclic) bond motifs is 7. The molecule has 1 unspecified atom stereocenters. The number of hydrogen-bond donors (Lipinski definition) is 4. The number of aliphatic hydroxyl groups is 1. The average Bonchev–Trinajstić information content (AvgIpc) is 3.58. The molecular weight excluding hydrogens is 400 g/mol. The van der Waals surface area contributed by atoms with Crippen molar-refractivity contribution in [3.05, 3.63) is 105 Å². The van der Waals surface area contributed by atoms with Gasteiger partial charge in [-0.25, -0.2) is 0 Å². The predicted molar refractivity (Wildman–Crippen MR) is 124 cm³/mol. The van der Waals surface area contributed by atoms with Crippen LogP contribution in [0.15, 0.2) is 71.7 Å². The largest absolute Gasteiger partial charge is 0.504 e. The molecule has 0 radical (unpaired) electrons. The van der Waals surface area contributed by atoms with E-state index in [9.17, 15) is 9.90 Å². The fraction of sp³-hybridized carbons (Fsp3) is 0.0769. The summed E-state index contributed by atoms with van der Waals surface area (Å²) in [7, 11) is 0. The highest BCUT2D eigenvalue weighted by Crippen LogP contribution is 2.37. The molecule has 8 bridgehead atoms. The normalized spacial score (nSPS) is 19.7. The van der Waals surface area contributed by atoms with Crippen LogP contribution in [-0.4, -0.2) is 31.6 Å². The molecule has 6 nitrogen and oxygen atoms in total. The van der Waals surface area contributed by atoms with Gasteiger partial charge in [-0.2, -0.15) is 0 Å². The molecule has 2 aliphatic rings. The number of aromatic amines is 3. The number of benzene rings is 1. The van der Waals surface area contributed by atoms with Crippen molar-refractivity contribution in [3.63, 3.8) is 0 Å². The van der Waals surface area contributed by atoms with Gasteiger partial charge in [0.2, 0.25) is 0 Å². The Hall–Kier alpha value is -4.32. The summed E-state index contributed by atoms with van der Waals surface area (Å²) in [5, 5.41) is 14.0. The predicted octanol–water partition coefficient (Wildman–Crippen LogP) is 1.10. The zero-order valence-electron chi connectivity index (χ0n) is 17.1. The molecule has 4 aromatic rings. The molecule has 6 heteroatoms. The topological polar surface area (TPSA) is 97.0 Å². The van der Waals surface area contributed by atoms with E-state index in [-0.39, 0.29) is 23.7 Å². The fourth-order valence-electron chi connectivity index (χ4n) is 4.42. The number of Topliss-reactive ketones (excluding diaryl/α,β-unsaturated/α-hetero) is 1. The monoisotopic (exact) mass is 420 g/mol. The van der Waals surface area contributed by atoms with Gasteiger partial charge < -0.3 is 20.1 Å². The Morgan fingerprint density at radius 3 is 2.25 bits per heavy atom. The van der Waals surface area contributed by atoms with Gasteiger partial charge in [0.15, 0.2) is 11.5 Å². The molecule has 0 saturated heterocycles. The molecule has 0 amide bonds. The van der Waals surface area contributed by atoms with Crippen LogP contribution in [0.5, 0.6) is 0 Å². The van der Waals surface area contributed by atoms with Gasteiger partial charge in [-0.1, -0.05) is 30.3 Å².